The molecule has 0 aliphatic carbocycles. The highest BCUT2D eigenvalue weighted by Crippen LogP contribution is 2.20. The van der Waals surface area contributed by atoms with Crippen LogP contribution >= 0.6 is 11.3 Å². The van der Waals surface area contributed by atoms with E-state index in [4.69, 9.17) is 16.9 Å². The first kappa shape index (κ1) is 8.73. The van der Waals surface area contributed by atoms with Gasteiger partial charge in [-0.25, -0.2) is 0 Å². The molecule has 0 radical (unpaired) electrons. The fraction of sp³-hybridized carbons (Fsp3) is 0.143. The second-order valence-corrected chi connectivity index (χ2v) is 3.45. The monoisotopic (exact) mass is 183 g/mol. The van der Waals surface area contributed by atoms with Gasteiger partial charge in [-0.05, 0) is 18.6 Å². The van der Waals surface area contributed by atoms with E-state index in [1.54, 1.807) is 13.0 Å². The number of hydrogen-bond donors (Lipinski definition) is 3. The Morgan fingerprint density at radius 1 is 1.58 bits per heavy atom. The van der Waals surface area contributed by atoms with Crippen LogP contribution in [-0.4, -0.2) is 11.7 Å². The van der Waals surface area contributed by atoms with Crippen molar-refractivity contribution in [2.24, 2.45) is 11.5 Å². The van der Waals surface area contributed by atoms with Crippen LogP contribution in [0.2, 0.25) is 0 Å². The third kappa shape index (κ3) is 1.45. The summed E-state index contributed by atoms with van der Waals surface area (Å²) in [4.78, 5) is 11.8. The predicted octanol–water partition coefficient (Wildman–Crippen LogP) is 0.439. The van der Waals surface area contributed by atoms with Crippen molar-refractivity contribution < 1.29 is 4.79 Å². The number of aryl methyl sites for hydroxylation is 1. The SMILES string of the molecule is Cc1cc(C(N)=O)sc1C(=N)N. The van der Waals surface area contributed by atoms with Gasteiger partial charge in [-0.2, -0.15) is 0 Å². The van der Waals surface area contributed by atoms with Crippen molar-refractivity contribution in [3.63, 3.8) is 0 Å². The smallest absolute Gasteiger partial charge is 0.258 e. The molecule has 12 heavy (non-hydrogen) atoms. The molecule has 0 unspecified atom stereocenters. The van der Waals surface area contributed by atoms with Gasteiger partial charge in [0.2, 0.25) is 0 Å². The van der Waals surface area contributed by atoms with E-state index in [0.29, 0.717) is 9.75 Å². The summed E-state index contributed by atoms with van der Waals surface area (Å²) >= 11 is 1.15. The minimum absolute atomic E-state index is 0.0231. The van der Waals surface area contributed by atoms with E-state index in [1.165, 1.54) is 0 Å². The van der Waals surface area contributed by atoms with Crippen LogP contribution in [0.15, 0.2) is 6.07 Å². The molecule has 5 N–H and O–H groups in total. The summed E-state index contributed by atoms with van der Waals surface area (Å²) < 4.78 is 0. The topological polar surface area (TPSA) is 93.0 Å². The van der Waals surface area contributed by atoms with Gasteiger partial charge in [-0.3, -0.25) is 10.2 Å². The Labute approximate surface area is 73.7 Å². The number of hydrogen-bond acceptors (Lipinski definition) is 3. The van der Waals surface area contributed by atoms with Crippen molar-refractivity contribution in [1.82, 2.24) is 0 Å². The maximum Gasteiger partial charge on any atom is 0.258 e. The number of carbonyl (C=O) groups excluding carboxylic acids is 1. The number of thiophene rings is 1. The Bertz CT molecular complexity index is 342. The van der Waals surface area contributed by atoms with E-state index < -0.39 is 5.91 Å². The quantitative estimate of drug-likeness (QED) is 0.458. The van der Waals surface area contributed by atoms with Crippen molar-refractivity contribution >= 4 is 23.1 Å². The number of nitrogen functional groups attached to an aromatic ring is 1. The fourth-order valence-corrected chi connectivity index (χ4v) is 1.76. The number of amidine groups is 1. The van der Waals surface area contributed by atoms with Crippen LogP contribution in [0.1, 0.15) is 20.1 Å². The molecule has 0 saturated heterocycles. The number of nitrogens with two attached hydrogens (primary N) is 2. The molecule has 0 spiro atoms. The predicted molar refractivity (Wildman–Crippen MR) is 48.6 cm³/mol. The zero-order valence-electron chi connectivity index (χ0n) is 6.55. The molecule has 0 aliphatic rings. The molecule has 1 aromatic heterocycles. The van der Waals surface area contributed by atoms with E-state index >= 15 is 0 Å². The molecule has 1 rings (SSSR count). The van der Waals surface area contributed by atoms with Gasteiger partial charge >= 0.3 is 0 Å². The molecule has 1 heterocycles. The highest BCUT2D eigenvalue weighted by Gasteiger charge is 2.10. The highest BCUT2D eigenvalue weighted by atomic mass is 32.1. The Morgan fingerprint density at radius 3 is 2.42 bits per heavy atom. The van der Waals surface area contributed by atoms with Gasteiger partial charge in [0.05, 0.1) is 9.75 Å². The molecule has 1 aromatic rings. The minimum Gasteiger partial charge on any atom is -0.383 e. The van der Waals surface area contributed by atoms with Crippen LogP contribution in [0.4, 0.5) is 0 Å². The lowest BCUT2D eigenvalue weighted by molar-refractivity contribution is 0.100. The van der Waals surface area contributed by atoms with Crippen molar-refractivity contribution in [2.45, 2.75) is 6.92 Å². The van der Waals surface area contributed by atoms with Crippen LogP contribution in [0.3, 0.4) is 0 Å². The molecule has 0 atom stereocenters. The zero-order chi connectivity index (χ0) is 9.30. The standard InChI is InChI=1S/C7H9N3OS/c1-3-2-4(7(10)11)12-5(3)6(8)9/h2H,1H3,(H3,8,9)(H2,10,11). The van der Waals surface area contributed by atoms with Gasteiger partial charge in [0.15, 0.2) is 0 Å². The van der Waals surface area contributed by atoms with Crippen LogP contribution in [0.25, 0.3) is 0 Å². The van der Waals surface area contributed by atoms with E-state index in [0.717, 1.165) is 16.9 Å². The average molecular weight is 183 g/mol. The molecular weight excluding hydrogens is 174 g/mol. The second kappa shape index (κ2) is 2.94. The first-order chi connectivity index (χ1) is 5.52. The van der Waals surface area contributed by atoms with Crippen LogP contribution < -0.4 is 11.5 Å². The van der Waals surface area contributed by atoms with Gasteiger partial charge in [0.1, 0.15) is 5.84 Å². The van der Waals surface area contributed by atoms with Gasteiger partial charge < -0.3 is 11.5 Å². The first-order valence-electron chi connectivity index (χ1n) is 3.27. The lowest BCUT2D eigenvalue weighted by Gasteiger charge is -1.91. The summed E-state index contributed by atoms with van der Waals surface area (Å²) in [7, 11) is 0. The van der Waals surface area contributed by atoms with Crippen molar-refractivity contribution in [1.29, 1.82) is 5.41 Å². The Kier molecular flexibility index (Phi) is 2.14. The zero-order valence-corrected chi connectivity index (χ0v) is 7.37. The third-order valence-corrected chi connectivity index (χ3v) is 2.69. The van der Waals surface area contributed by atoms with E-state index in [9.17, 15) is 4.79 Å². The fourth-order valence-electron chi connectivity index (χ4n) is 0.871. The molecule has 4 nitrogen and oxygen atoms in total. The Hall–Kier alpha value is -1.36. The molecule has 0 bridgehead atoms. The van der Waals surface area contributed by atoms with E-state index in [2.05, 4.69) is 0 Å². The van der Waals surface area contributed by atoms with Gasteiger partial charge in [0, 0.05) is 0 Å². The number of amides is 1. The lowest BCUT2D eigenvalue weighted by Crippen LogP contribution is -2.10. The number of carbonyl (C=O) groups is 1. The summed E-state index contributed by atoms with van der Waals surface area (Å²) in [5.41, 5.74) is 11.1. The summed E-state index contributed by atoms with van der Waals surface area (Å²) in [6.45, 7) is 1.79. The molecule has 0 aromatic carbocycles. The number of nitrogens with one attached hydrogen (secondary N) is 1. The largest absolute Gasteiger partial charge is 0.383 e. The Morgan fingerprint density at radius 2 is 2.17 bits per heavy atom. The van der Waals surface area contributed by atoms with Crippen molar-refractivity contribution in [3.8, 4) is 0 Å². The molecule has 0 aliphatic heterocycles. The summed E-state index contributed by atoms with van der Waals surface area (Å²) in [5, 5.41) is 7.17. The maximum atomic E-state index is 10.7. The first-order valence-corrected chi connectivity index (χ1v) is 4.08. The van der Waals surface area contributed by atoms with Gasteiger partial charge in [-0.1, -0.05) is 0 Å². The van der Waals surface area contributed by atoms with Gasteiger partial charge in [-0.15, -0.1) is 11.3 Å². The number of rotatable bonds is 2. The second-order valence-electron chi connectivity index (χ2n) is 2.40. The van der Waals surface area contributed by atoms with E-state index in [1.807, 2.05) is 0 Å². The molecule has 0 fully saturated rings. The molecule has 64 valence electrons. The molecular formula is C7H9N3OS. The molecule has 5 heteroatoms. The molecule has 1 amide bonds. The van der Waals surface area contributed by atoms with E-state index in [-0.39, 0.29) is 5.84 Å². The van der Waals surface area contributed by atoms with Crippen LogP contribution in [0.5, 0.6) is 0 Å². The van der Waals surface area contributed by atoms with Crippen LogP contribution in [0, 0.1) is 12.3 Å². The van der Waals surface area contributed by atoms with Crippen molar-refractivity contribution in [2.75, 3.05) is 0 Å². The summed E-state index contributed by atoms with van der Waals surface area (Å²) in [6.07, 6.45) is 0. The highest BCUT2D eigenvalue weighted by molar-refractivity contribution is 7.16. The number of primary amides is 1. The van der Waals surface area contributed by atoms with Gasteiger partial charge in [0.25, 0.3) is 5.91 Å². The normalized spacial score (nSPS) is 9.75. The third-order valence-electron chi connectivity index (χ3n) is 1.41. The lowest BCUT2D eigenvalue weighted by atomic mass is 10.2. The minimum atomic E-state index is -0.476. The van der Waals surface area contributed by atoms with Crippen LogP contribution in [-0.2, 0) is 0 Å². The summed E-state index contributed by atoms with van der Waals surface area (Å²) in [5.74, 6) is -0.499. The summed E-state index contributed by atoms with van der Waals surface area (Å²) in [6, 6.07) is 1.64. The average Bonchev–Trinajstić information content (AvgIpc) is 2.30. The maximum absolute atomic E-state index is 10.7. The Balaban J connectivity index is 3.17. The van der Waals surface area contributed by atoms with Crippen molar-refractivity contribution in [3.05, 3.63) is 21.4 Å². The molecule has 0 saturated carbocycles.